The third kappa shape index (κ3) is 7.13. The van der Waals surface area contributed by atoms with Gasteiger partial charge in [0.15, 0.2) is 19.9 Å². The first-order valence-corrected chi connectivity index (χ1v) is 14.0. The van der Waals surface area contributed by atoms with Crippen LogP contribution >= 0.6 is 0 Å². The van der Waals surface area contributed by atoms with Crippen molar-refractivity contribution in [3.05, 3.63) is 11.8 Å². The molecule has 0 aromatic carbocycles. The molecule has 180 valence electrons. The number of rotatable bonds is 9. The number of allylic oxidation sites excluding steroid dienone is 1. The molecule has 0 aliphatic carbocycles. The molecule has 0 spiro atoms. The van der Waals surface area contributed by atoms with Gasteiger partial charge in [0.25, 0.3) is 0 Å². The van der Waals surface area contributed by atoms with Gasteiger partial charge in [0.2, 0.25) is 5.76 Å². The van der Waals surface area contributed by atoms with Crippen LogP contribution in [0.3, 0.4) is 0 Å². The summed E-state index contributed by atoms with van der Waals surface area (Å²) < 4.78 is 23.6. The standard InChI is InChI=1S/C23H42O7Si/c1-11-28-21(26)18(25)12-17(24)13-23(27-8)14-19(16(4)20(29-23)15(2)3)30-31(9,10)22(5,6)7/h12,15-16,19-20,25H,11,13-14H2,1-10H3/b18-12-/t16-,19+,20+,23-/m0/s1. The van der Waals surface area contributed by atoms with Crippen LogP contribution in [0, 0.1) is 11.8 Å². The minimum atomic E-state index is -2.07. The van der Waals surface area contributed by atoms with Gasteiger partial charge in [0.05, 0.1) is 25.2 Å². The second-order valence-electron chi connectivity index (χ2n) is 10.3. The number of methoxy groups -OCH3 is 1. The maximum atomic E-state index is 12.7. The molecule has 8 heteroatoms. The van der Waals surface area contributed by atoms with Crippen molar-refractivity contribution in [1.29, 1.82) is 0 Å². The second kappa shape index (κ2) is 10.6. The van der Waals surface area contributed by atoms with Crippen LogP contribution in [0.4, 0.5) is 0 Å². The first-order chi connectivity index (χ1) is 14.1. The third-order valence-corrected chi connectivity index (χ3v) is 11.0. The lowest BCUT2D eigenvalue weighted by atomic mass is 9.82. The van der Waals surface area contributed by atoms with Crippen molar-refractivity contribution in [2.75, 3.05) is 13.7 Å². The van der Waals surface area contributed by atoms with E-state index >= 15 is 0 Å². The molecule has 1 heterocycles. The smallest absolute Gasteiger partial charge is 0.373 e. The van der Waals surface area contributed by atoms with Crippen molar-refractivity contribution in [2.45, 2.75) is 97.4 Å². The highest BCUT2D eigenvalue weighted by molar-refractivity contribution is 6.74. The van der Waals surface area contributed by atoms with Crippen LogP contribution in [0.15, 0.2) is 11.8 Å². The number of carbonyl (C=O) groups excluding carboxylic acids is 2. The van der Waals surface area contributed by atoms with Gasteiger partial charge in [-0.05, 0) is 31.0 Å². The van der Waals surface area contributed by atoms with E-state index in [4.69, 9.17) is 18.6 Å². The lowest BCUT2D eigenvalue weighted by Crippen LogP contribution is -2.58. The largest absolute Gasteiger partial charge is 0.502 e. The van der Waals surface area contributed by atoms with E-state index < -0.39 is 31.6 Å². The molecule has 1 saturated heterocycles. The molecule has 0 radical (unpaired) electrons. The zero-order chi connectivity index (χ0) is 24.2. The first kappa shape index (κ1) is 27.8. The van der Waals surface area contributed by atoms with E-state index in [0.717, 1.165) is 6.08 Å². The van der Waals surface area contributed by atoms with Crippen LogP contribution in [-0.2, 0) is 28.2 Å². The van der Waals surface area contributed by atoms with E-state index in [-0.39, 0.29) is 42.1 Å². The highest BCUT2D eigenvalue weighted by Gasteiger charge is 2.51. The Labute approximate surface area is 188 Å². The number of ether oxygens (including phenoxy) is 3. The van der Waals surface area contributed by atoms with E-state index in [1.807, 2.05) is 0 Å². The average molecular weight is 459 g/mol. The number of hydrogen-bond acceptors (Lipinski definition) is 7. The fourth-order valence-electron chi connectivity index (χ4n) is 3.61. The lowest BCUT2D eigenvalue weighted by Gasteiger charge is -2.51. The molecular weight excluding hydrogens is 416 g/mol. The van der Waals surface area contributed by atoms with Crippen molar-refractivity contribution in [1.82, 2.24) is 0 Å². The summed E-state index contributed by atoms with van der Waals surface area (Å²) in [6, 6.07) is 0. The quantitative estimate of drug-likeness (QED) is 0.230. The molecule has 1 rings (SSSR count). The normalized spacial score (nSPS) is 28.0. The van der Waals surface area contributed by atoms with Gasteiger partial charge >= 0.3 is 5.97 Å². The fourth-order valence-corrected chi connectivity index (χ4v) is 5.01. The summed E-state index contributed by atoms with van der Waals surface area (Å²) in [6.45, 7) is 19.0. The lowest BCUT2D eigenvalue weighted by molar-refractivity contribution is -0.303. The Kier molecular flexibility index (Phi) is 9.51. The van der Waals surface area contributed by atoms with Gasteiger partial charge < -0.3 is 23.7 Å². The fraction of sp³-hybridized carbons (Fsp3) is 0.826. The maximum Gasteiger partial charge on any atom is 0.373 e. The molecule has 1 N–H and O–H groups in total. The van der Waals surface area contributed by atoms with Crippen molar-refractivity contribution >= 4 is 20.1 Å². The van der Waals surface area contributed by atoms with Gasteiger partial charge in [-0.15, -0.1) is 0 Å². The van der Waals surface area contributed by atoms with Crippen molar-refractivity contribution in [2.24, 2.45) is 11.8 Å². The Bertz CT molecular complexity index is 665. The molecule has 0 unspecified atom stereocenters. The Morgan fingerprint density at radius 3 is 2.32 bits per heavy atom. The first-order valence-electron chi connectivity index (χ1n) is 11.1. The molecule has 1 aliphatic rings. The maximum absolute atomic E-state index is 12.7. The molecule has 0 aromatic rings. The van der Waals surface area contributed by atoms with Crippen LogP contribution in [0.2, 0.25) is 18.1 Å². The minimum absolute atomic E-state index is 0.0398. The summed E-state index contributed by atoms with van der Waals surface area (Å²) in [5.74, 6) is -3.02. The van der Waals surface area contributed by atoms with Crippen molar-refractivity contribution < 1.29 is 33.3 Å². The topological polar surface area (TPSA) is 91.3 Å². The molecule has 1 aliphatic heterocycles. The summed E-state index contributed by atoms with van der Waals surface area (Å²) >= 11 is 0. The van der Waals surface area contributed by atoms with Gasteiger partial charge in [-0.25, -0.2) is 4.79 Å². The predicted molar refractivity (Wildman–Crippen MR) is 122 cm³/mol. The van der Waals surface area contributed by atoms with Crippen LogP contribution < -0.4 is 0 Å². The van der Waals surface area contributed by atoms with Gasteiger partial charge in [0.1, 0.15) is 0 Å². The van der Waals surface area contributed by atoms with Crippen LogP contribution in [0.1, 0.15) is 61.3 Å². The molecule has 4 atom stereocenters. The monoisotopic (exact) mass is 458 g/mol. The van der Waals surface area contributed by atoms with E-state index in [9.17, 15) is 14.7 Å². The average Bonchev–Trinajstić information content (AvgIpc) is 2.63. The van der Waals surface area contributed by atoms with Gasteiger partial charge in [-0.1, -0.05) is 41.5 Å². The van der Waals surface area contributed by atoms with Crippen LogP contribution in [0.25, 0.3) is 0 Å². The van der Waals surface area contributed by atoms with E-state index in [1.54, 1.807) is 6.92 Å². The molecule has 7 nitrogen and oxygen atoms in total. The second-order valence-corrected chi connectivity index (χ2v) is 15.1. The summed E-state index contributed by atoms with van der Waals surface area (Å²) in [7, 11) is -0.560. The summed E-state index contributed by atoms with van der Waals surface area (Å²) in [5.41, 5.74) is 0. The zero-order valence-corrected chi connectivity index (χ0v) is 21.9. The molecule has 0 amide bonds. The number of esters is 1. The van der Waals surface area contributed by atoms with E-state index in [1.165, 1.54) is 7.11 Å². The highest BCUT2D eigenvalue weighted by atomic mass is 28.4. The molecular formula is C23H42O7Si. The van der Waals surface area contributed by atoms with Gasteiger partial charge in [0, 0.05) is 25.5 Å². The number of ketones is 1. The summed E-state index contributed by atoms with van der Waals surface area (Å²) in [6.07, 6.45) is 0.825. The van der Waals surface area contributed by atoms with Crippen LogP contribution in [-0.4, -0.2) is 56.9 Å². The minimum Gasteiger partial charge on any atom is -0.502 e. The van der Waals surface area contributed by atoms with Gasteiger partial charge in [-0.3, -0.25) is 4.79 Å². The molecule has 31 heavy (non-hydrogen) atoms. The third-order valence-electron chi connectivity index (χ3n) is 6.47. The van der Waals surface area contributed by atoms with Crippen molar-refractivity contribution in [3.8, 4) is 0 Å². The van der Waals surface area contributed by atoms with E-state index in [0.29, 0.717) is 6.42 Å². The van der Waals surface area contributed by atoms with Crippen LogP contribution in [0.5, 0.6) is 0 Å². The Hall–Kier alpha value is -1.22. The Morgan fingerprint density at radius 1 is 1.29 bits per heavy atom. The van der Waals surface area contributed by atoms with Crippen molar-refractivity contribution in [3.63, 3.8) is 0 Å². The molecule has 0 saturated carbocycles. The number of carbonyl (C=O) groups is 2. The Morgan fingerprint density at radius 2 is 1.87 bits per heavy atom. The SMILES string of the molecule is CCOC(=O)/C(O)=C/C(=O)C[C@@]1(OC)C[C@@H](O[Si](C)(C)C(C)(C)C)[C@H](C)[C@@H](C(C)C)O1. The van der Waals surface area contributed by atoms with E-state index in [2.05, 4.69) is 54.6 Å². The highest BCUT2D eigenvalue weighted by Crippen LogP contribution is 2.44. The number of aliphatic hydroxyl groups is 1. The summed E-state index contributed by atoms with van der Waals surface area (Å²) in [5, 5.41) is 9.89. The molecule has 0 aromatic heterocycles. The molecule has 1 fully saturated rings. The summed E-state index contributed by atoms with van der Waals surface area (Å²) in [4.78, 5) is 24.3. The van der Waals surface area contributed by atoms with Gasteiger partial charge in [-0.2, -0.15) is 0 Å². The zero-order valence-electron chi connectivity index (χ0n) is 20.9. The number of aliphatic hydroxyl groups excluding tert-OH is 1. The Balaban J connectivity index is 3.19. The number of hydrogen-bond donors (Lipinski definition) is 1. The molecule has 0 bridgehead atoms. The predicted octanol–water partition coefficient (Wildman–Crippen LogP) is 4.76.